The van der Waals surface area contributed by atoms with Crippen molar-refractivity contribution in [2.24, 2.45) is 5.92 Å². The van der Waals surface area contributed by atoms with Crippen LogP contribution < -0.4 is 0 Å². The van der Waals surface area contributed by atoms with Crippen molar-refractivity contribution in [1.29, 1.82) is 0 Å². The molecular weight excluding hydrogens is 302 g/mol. The molecule has 1 aliphatic rings. The molecule has 5 heteroatoms. The van der Waals surface area contributed by atoms with Crippen LogP contribution in [0.4, 0.5) is 0 Å². The summed E-state index contributed by atoms with van der Waals surface area (Å²) in [5.41, 5.74) is 2.21. The van der Waals surface area contributed by atoms with Gasteiger partial charge in [0.1, 0.15) is 12.4 Å². The summed E-state index contributed by atoms with van der Waals surface area (Å²) in [4.78, 5) is 18.8. The number of carbonyl (C=O) groups excluding carboxylic acids is 1. The van der Waals surface area contributed by atoms with E-state index < -0.39 is 0 Å². The van der Waals surface area contributed by atoms with Crippen LogP contribution in [0.3, 0.4) is 0 Å². The molecule has 24 heavy (non-hydrogen) atoms. The average Bonchev–Trinajstić information content (AvgIpc) is 3.24. The molecule has 1 fully saturated rings. The lowest BCUT2D eigenvalue weighted by atomic mass is 9.98. The van der Waals surface area contributed by atoms with E-state index in [0.29, 0.717) is 12.5 Å². The van der Waals surface area contributed by atoms with Crippen LogP contribution in [0.2, 0.25) is 0 Å². The molecule has 0 aliphatic carbocycles. The molecular formula is C19H25N3O2. The van der Waals surface area contributed by atoms with Gasteiger partial charge in [-0.05, 0) is 29.9 Å². The highest BCUT2D eigenvalue weighted by Gasteiger charge is 2.26. The van der Waals surface area contributed by atoms with Gasteiger partial charge < -0.3 is 14.6 Å². The van der Waals surface area contributed by atoms with E-state index in [1.807, 2.05) is 27.8 Å². The third-order valence-corrected chi connectivity index (χ3v) is 4.79. The highest BCUT2D eigenvalue weighted by Crippen LogP contribution is 2.21. The summed E-state index contributed by atoms with van der Waals surface area (Å²) in [6, 6.07) is 8.10. The number of carbonyl (C=O) groups is 1. The quantitative estimate of drug-likeness (QED) is 0.883. The number of hydrogen-bond donors (Lipinski definition) is 1. The number of hydrogen-bond acceptors (Lipinski definition) is 3. The van der Waals surface area contributed by atoms with Crippen molar-refractivity contribution in [2.75, 3.05) is 13.1 Å². The standard InChI is InChI=1S/C19H25N3O2/c1-2-18-20-8-10-21(18)13-19(24)22-9-7-17(12-22)11-15-3-5-16(14-23)6-4-15/h3-6,8,10,17,23H,2,7,9,11-14H2,1H3. The Labute approximate surface area is 142 Å². The van der Waals surface area contributed by atoms with E-state index in [4.69, 9.17) is 5.11 Å². The van der Waals surface area contributed by atoms with Gasteiger partial charge in [0.25, 0.3) is 0 Å². The number of benzene rings is 1. The van der Waals surface area contributed by atoms with E-state index in [2.05, 4.69) is 24.0 Å². The van der Waals surface area contributed by atoms with Gasteiger partial charge in [-0.1, -0.05) is 31.2 Å². The van der Waals surface area contributed by atoms with Crippen molar-refractivity contribution in [3.05, 3.63) is 53.6 Å². The molecule has 0 bridgehead atoms. The molecule has 1 saturated heterocycles. The predicted octanol–water partition coefficient (Wildman–Crippen LogP) is 2.03. The Morgan fingerprint density at radius 2 is 2.04 bits per heavy atom. The molecule has 1 amide bonds. The molecule has 1 aromatic heterocycles. The van der Waals surface area contributed by atoms with Gasteiger partial charge in [-0.25, -0.2) is 4.98 Å². The zero-order chi connectivity index (χ0) is 16.9. The number of imidazole rings is 1. The smallest absolute Gasteiger partial charge is 0.242 e. The molecule has 128 valence electrons. The largest absolute Gasteiger partial charge is 0.392 e. The molecule has 3 rings (SSSR count). The number of aliphatic hydroxyl groups is 1. The molecule has 1 atom stereocenters. The molecule has 1 aliphatic heterocycles. The summed E-state index contributed by atoms with van der Waals surface area (Å²) in [5.74, 6) is 1.66. The van der Waals surface area contributed by atoms with Crippen molar-refractivity contribution < 1.29 is 9.90 Å². The topological polar surface area (TPSA) is 58.4 Å². The number of rotatable bonds is 6. The first-order chi connectivity index (χ1) is 11.7. The minimum Gasteiger partial charge on any atom is -0.392 e. The third-order valence-electron chi connectivity index (χ3n) is 4.79. The number of aromatic nitrogens is 2. The van der Waals surface area contributed by atoms with Crippen molar-refractivity contribution in [3.63, 3.8) is 0 Å². The van der Waals surface area contributed by atoms with E-state index in [0.717, 1.165) is 43.7 Å². The zero-order valence-corrected chi connectivity index (χ0v) is 14.2. The second kappa shape index (κ2) is 7.62. The SMILES string of the molecule is CCc1nccn1CC(=O)N1CCC(Cc2ccc(CO)cc2)C1. The lowest BCUT2D eigenvalue weighted by Gasteiger charge is -2.17. The lowest BCUT2D eigenvalue weighted by molar-refractivity contribution is -0.130. The normalized spacial score (nSPS) is 17.4. The first kappa shape index (κ1) is 16.7. The fourth-order valence-electron chi connectivity index (χ4n) is 3.38. The maximum Gasteiger partial charge on any atom is 0.242 e. The number of likely N-dealkylation sites (tertiary alicyclic amines) is 1. The zero-order valence-electron chi connectivity index (χ0n) is 14.2. The van der Waals surface area contributed by atoms with Gasteiger partial charge in [0, 0.05) is 31.9 Å². The van der Waals surface area contributed by atoms with E-state index in [9.17, 15) is 4.79 Å². The van der Waals surface area contributed by atoms with Crippen LogP contribution in [0.15, 0.2) is 36.7 Å². The van der Waals surface area contributed by atoms with Gasteiger partial charge in [-0.2, -0.15) is 0 Å². The average molecular weight is 327 g/mol. The number of amides is 1. The molecule has 1 N–H and O–H groups in total. The monoisotopic (exact) mass is 327 g/mol. The number of aryl methyl sites for hydroxylation is 1. The lowest BCUT2D eigenvalue weighted by Crippen LogP contribution is -2.32. The van der Waals surface area contributed by atoms with Crippen LogP contribution in [-0.4, -0.2) is 38.6 Å². The fourth-order valence-corrected chi connectivity index (χ4v) is 3.38. The number of nitrogens with zero attached hydrogens (tertiary/aromatic N) is 3. The minimum absolute atomic E-state index is 0.0833. The molecule has 1 unspecified atom stereocenters. The van der Waals surface area contributed by atoms with Gasteiger partial charge in [-0.15, -0.1) is 0 Å². The fraction of sp³-hybridized carbons (Fsp3) is 0.474. The Morgan fingerprint density at radius 1 is 1.29 bits per heavy atom. The van der Waals surface area contributed by atoms with Crippen LogP contribution in [0, 0.1) is 5.92 Å². The Balaban J connectivity index is 1.53. The van der Waals surface area contributed by atoms with E-state index in [1.54, 1.807) is 6.20 Å². The second-order valence-corrected chi connectivity index (χ2v) is 6.50. The maximum atomic E-state index is 12.5. The van der Waals surface area contributed by atoms with Gasteiger partial charge in [0.2, 0.25) is 5.91 Å². The Hall–Kier alpha value is -2.14. The first-order valence-corrected chi connectivity index (χ1v) is 8.66. The highest BCUT2D eigenvalue weighted by molar-refractivity contribution is 5.76. The first-order valence-electron chi connectivity index (χ1n) is 8.66. The van der Waals surface area contributed by atoms with Crippen molar-refractivity contribution in [1.82, 2.24) is 14.5 Å². The van der Waals surface area contributed by atoms with Crippen LogP contribution >= 0.6 is 0 Å². The maximum absolute atomic E-state index is 12.5. The molecule has 0 radical (unpaired) electrons. The van der Waals surface area contributed by atoms with Crippen molar-refractivity contribution in [3.8, 4) is 0 Å². The summed E-state index contributed by atoms with van der Waals surface area (Å²) in [6.07, 6.45) is 6.52. The molecule has 2 aromatic rings. The summed E-state index contributed by atoms with van der Waals surface area (Å²) in [5, 5.41) is 9.10. The Bertz CT molecular complexity index is 678. The molecule has 0 spiro atoms. The Kier molecular flexibility index (Phi) is 5.30. The van der Waals surface area contributed by atoms with Gasteiger partial charge in [-0.3, -0.25) is 4.79 Å². The summed E-state index contributed by atoms with van der Waals surface area (Å²) in [6.45, 7) is 4.20. The summed E-state index contributed by atoms with van der Waals surface area (Å²) >= 11 is 0. The molecule has 1 aromatic carbocycles. The van der Waals surface area contributed by atoms with Crippen LogP contribution in [0.5, 0.6) is 0 Å². The van der Waals surface area contributed by atoms with E-state index in [-0.39, 0.29) is 12.5 Å². The van der Waals surface area contributed by atoms with Crippen molar-refractivity contribution in [2.45, 2.75) is 39.3 Å². The predicted molar refractivity (Wildman–Crippen MR) is 92.4 cm³/mol. The van der Waals surface area contributed by atoms with Crippen LogP contribution in [0.1, 0.15) is 30.3 Å². The van der Waals surface area contributed by atoms with E-state index >= 15 is 0 Å². The van der Waals surface area contributed by atoms with E-state index in [1.165, 1.54) is 5.56 Å². The summed E-state index contributed by atoms with van der Waals surface area (Å²) in [7, 11) is 0. The molecule has 2 heterocycles. The van der Waals surface area contributed by atoms with Gasteiger partial charge in [0.05, 0.1) is 6.61 Å². The van der Waals surface area contributed by atoms with Crippen molar-refractivity contribution >= 4 is 5.91 Å². The second-order valence-electron chi connectivity index (χ2n) is 6.50. The molecule has 5 nitrogen and oxygen atoms in total. The minimum atomic E-state index is 0.0833. The summed E-state index contributed by atoms with van der Waals surface area (Å²) < 4.78 is 1.95. The van der Waals surface area contributed by atoms with Crippen LogP contribution in [0.25, 0.3) is 0 Å². The van der Waals surface area contributed by atoms with Crippen LogP contribution in [-0.2, 0) is 30.8 Å². The Morgan fingerprint density at radius 3 is 2.75 bits per heavy atom. The highest BCUT2D eigenvalue weighted by atomic mass is 16.3. The van der Waals surface area contributed by atoms with Gasteiger partial charge in [0.15, 0.2) is 0 Å². The van der Waals surface area contributed by atoms with Gasteiger partial charge >= 0.3 is 0 Å². The number of aliphatic hydroxyl groups excluding tert-OH is 1. The molecule has 0 saturated carbocycles. The third kappa shape index (κ3) is 3.85.